The topological polar surface area (TPSA) is 37.4 Å². The molecule has 4 heteroatoms. The maximum Gasteiger partial charge on any atom is 0.241 e. The molecule has 0 saturated heterocycles. The molecule has 0 aliphatic carbocycles. The predicted octanol–water partition coefficient (Wildman–Crippen LogP) is 3.13. The van der Waals surface area contributed by atoms with E-state index in [1.807, 2.05) is 26.0 Å². The molecule has 1 atom stereocenters. The summed E-state index contributed by atoms with van der Waals surface area (Å²) in [7, 11) is 0. The zero-order valence-electron chi connectivity index (χ0n) is 11.7. The monoisotopic (exact) mass is 287 g/mol. The fourth-order valence-corrected chi connectivity index (χ4v) is 3.41. The van der Waals surface area contributed by atoms with Gasteiger partial charge in [-0.2, -0.15) is 0 Å². The van der Waals surface area contributed by atoms with Crippen LogP contribution in [0.3, 0.4) is 0 Å². The van der Waals surface area contributed by atoms with Crippen LogP contribution in [0.4, 0.5) is 5.69 Å². The van der Waals surface area contributed by atoms with Crippen molar-refractivity contribution in [3.63, 3.8) is 0 Å². The fourth-order valence-electron chi connectivity index (χ4n) is 2.22. The zero-order valence-corrected chi connectivity index (χ0v) is 12.5. The molecular formula is C16H17NO2S. The van der Waals surface area contributed by atoms with Gasteiger partial charge in [-0.3, -0.25) is 14.5 Å². The first-order chi connectivity index (χ1) is 9.62. The number of rotatable bonds is 4. The van der Waals surface area contributed by atoms with E-state index in [9.17, 15) is 9.59 Å². The molecule has 1 unspecified atom stereocenters. The number of carbonyl (C=O) groups is 2. The third-order valence-corrected chi connectivity index (χ3v) is 4.72. The Morgan fingerprint density at radius 2 is 2.20 bits per heavy atom. The number of hydrogen-bond acceptors (Lipinski definition) is 3. The van der Waals surface area contributed by atoms with E-state index in [2.05, 4.69) is 5.92 Å². The Bertz CT molecular complexity index is 589. The molecule has 3 nitrogen and oxygen atoms in total. The Balaban J connectivity index is 2.46. The van der Waals surface area contributed by atoms with Gasteiger partial charge < -0.3 is 0 Å². The van der Waals surface area contributed by atoms with Crippen molar-refractivity contribution in [2.45, 2.75) is 36.8 Å². The molecule has 1 aromatic carbocycles. The molecule has 0 aromatic heterocycles. The first-order valence-corrected chi connectivity index (χ1v) is 7.59. The van der Waals surface area contributed by atoms with Crippen LogP contribution in [0.2, 0.25) is 0 Å². The maximum atomic E-state index is 12.3. The zero-order chi connectivity index (χ0) is 14.7. The van der Waals surface area contributed by atoms with E-state index in [-0.39, 0.29) is 23.5 Å². The summed E-state index contributed by atoms with van der Waals surface area (Å²) in [5.41, 5.74) is 1.51. The number of terminal acetylenes is 1. The summed E-state index contributed by atoms with van der Waals surface area (Å²) in [6, 6.07) is 5.48. The lowest BCUT2D eigenvalue weighted by Crippen LogP contribution is -2.41. The van der Waals surface area contributed by atoms with Gasteiger partial charge in [-0.05, 0) is 24.6 Å². The van der Waals surface area contributed by atoms with Crippen molar-refractivity contribution < 1.29 is 9.59 Å². The average molecular weight is 287 g/mol. The number of nitrogens with zero attached hydrogens (tertiary/aromatic N) is 1. The molecule has 2 rings (SSSR count). The lowest BCUT2D eigenvalue weighted by molar-refractivity contribution is -0.118. The van der Waals surface area contributed by atoms with Gasteiger partial charge in [0.2, 0.25) is 5.91 Å². The van der Waals surface area contributed by atoms with Crippen LogP contribution in [0.25, 0.3) is 0 Å². The van der Waals surface area contributed by atoms with Crippen molar-refractivity contribution >= 4 is 29.1 Å². The van der Waals surface area contributed by atoms with Gasteiger partial charge in [-0.1, -0.05) is 19.8 Å². The number of Topliss-reactive ketones (excluding diaryl/α,β-unsaturated/α-hetero) is 1. The summed E-state index contributed by atoms with van der Waals surface area (Å²) in [5.74, 6) is 2.70. The SMILES string of the molecule is C#CCN1C(=O)C(CC)Sc2cc(C(=O)CC)ccc21. The van der Waals surface area contributed by atoms with E-state index in [0.717, 1.165) is 17.0 Å². The lowest BCUT2D eigenvalue weighted by Gasteiger charge is -2.32. The normalized spacial score (nSPS) is 17.6. The minimum absolute atomic E-state index is 0.0533. The van der Waals surface area contributed by atoms with Gasteiger partial charge in [0.1, 0.15) is 0 Å². The van der Waals surface area contributed by atoms with Gasteiger partial charge in [0.15, 0.2) is 5.78 Å². The number of ketones is 1. The summed E-state index contributed by atoms with van der Waals surface area (Å²) in [4.78, 5) is 26.7. The van der Waals surface area contributed by atoms with Gasteiger partial charge in [-0.15, -0.1) is 18.2 Å². The number of hydrogen-bond donors (Lipinski definition) is 0. The third-order valence-electron chi connectivity index (χ3n) is 3.32. The fraction of sp³-hybridized carbons (Fsp3) is 0.375. The quantitative estimate of drug-likeness (QED) is 0.630. The third kappa shape index (κ3) is 2.59. The van der Waals surface area contributed by atoms with E-state index in [1.165, 1.54) is 11.8 Å². The highest BCUT2D eigenvalue weighted by Crippen LogP contribution is 2.40. The van der Waals surface area contributed by atoms with E-state index in [1.54, 1.807) is 11.0 Å². The Kier molecular flexibility index (Phi) is 4.51. The smallest absolute Gasteiger partial charge is 0.241 e. The van der Waals surface area contributed by atoms with Crippen LogP contribution < -0.4 is 4.90 Å². The second-order valence-corrected chi connectivity index (χ2v) is 5.85. The summed E-state index contributed by atoms with van der Waals surface area (Å²) < 4.78 is 0. The highest BCUT2D eigenvalue weighted by atomic mass is 32.2. The van der Waals surface area contributed by atoms with E-state index in [0.29, 0.717) is 12.0 Å². The molecule has 1 heterocycles. The number of fused-ring (bicyclic) bond motifs is 1. The van der Waals surface area contributed by atoms with Gasteiger partial charge in [0, 0.05) is 16.9 Å². The Labute approximate surface area is 123 Å². The molecule has 1 aromatic rings. The second-order valence-electron chi connectivity index (χ2n) is 4.60. The number of carbonyl (C=O) groups excluding carboxylic acids is 2. The summed E-state index contributed by atoms with van der Waals surface area (Å²) in [6.07, 6.45) is 6.59. The van der Waals surface area contributed by atoms with Gasteiger partial charge in [-0.25, -0.2) is 0 Å². The van der Waals surface area contributed by atoms with Crippen LogP contribution >= 0.6 is 11.8 Å². The minimum atomic E-state index is -0.122. The van der Waals surface area contributed by atoms with Gasteiger partial charge in [0.05, 0.1) is 17.5 Å². The Hall–Kier alpha value is -1.73. The van der Waals surface area contributed by atoms with E-state index < -0.39 is 0 Å². The molecule has 1 aliphatic rings. The highest BCUT2D eigenvalue weighted by Gasteiger charge is 2.32. The van der Waals surface area contributed by atoms with Gasteiger partial charge >= 0.3 is 0 Å². The molecule has 0 radical (unpaired) electrons. The van der Waals surface area contributed by atoms with Crippen LogP contribution in [0.5, 0.6) is 0 Å². The van der Waals surface area contributed by atoms with Crippen LogP contribution in [0, 0.1) is 12.3 Å². The first kappa shape index (κ1) is 14.7. The van der Waals surface area contributed by atoms with Crippen LogP contribution in [-0.2, 0) is 4.79 Å². The molecule has 0 N–H and O–H groups in total. The molecule has 0 spiro atoms. The van der Waals surface area contributed by atoms with Crippen molar-refractivity contribution in [2.75, 3.05) is 11.4 Å². The van der Waals surface area contributed by atoms with E-state index >= 15 is 0 Å². The Morgan fingerprint density at radius 3 is 2.80 bits per heavy atom. The maximum absolute atomic E-state index is 12.3. The lowest BCUT2D eigenvalue weighted by atomic mass is 10.1. The van der Waals surface area contributed by atoms with Gasteiger partial charge in [0.25, 0.3) is 0 Å². The average Bonchev–Trinajstić information content (AvgIpc) is 2.48. The number of benzene rings is 1. The standard InChI is InChI=1S/C16H17NO2S/c1-4-9-17-12-8-7-11(13(18)5-2)10-15(12)20-14(6-3)16(17)19/h1,7-8,10,14H,5-6,9H2,2-3H3. The molecule has 20 heavy (non-hydrogen) atoms. The molecule has 0 saturated carbocycles. The second kappa shape index (κ2) is 6.15. The molecule has 0 bridgehead atoms. The molecule has 1 aliphatic heterocycles. The predicted molar refractivity (Wildman–Crippen MR) is 82.2 cm³/mol. The van der Waals surface area contributed by atoms with E-state index in [4.69, 9.17) is 6.42 Å². The summed E-state index contributed by atoms with van der Waals surface area (Å²) in [5, 5.41) is -0.122. The first-order valence-electron chi connectivity index (χ1n) is 6.71. The number of thioether (sulfide) groups is 1. The highest BCUT2D eigenvalue weighted by molar-refractivity contribution is 8.01. The molecule has 104 valence electrons. The summed E-state index contributed by atoms with van der Waals surface area (Å²) in [6.45, 7) is 4.09. The molecule has 0 fully saturated rings. The van der Waals surface area contributed by atoms with Crippen LogP contribution in [0.15, 0.2) is 23.1 Å². The summed E-state index contributed by atoms with van der Waals surface area (Å²) >= 11 is 1.52. The molecule has 1 amide bonds. The minimum Gasteiger partial charge on any atom is -0.299 e. The van der Waals surface area contributed by atoms with Crippen LogP contribution in [-0.4, -0.2) is 23.5 Å². The Morgan fingerprint density at radius 1 is 1.45 bits per heavy atom. The largest absolute Gasteiger partial charge is 0.299 e. The van der Waals surface area contributed by atoms with Crippen molar-refractivity contribution in [3.05, 3.63) is 23.8 Å². The molecular weight excluding hydrogens is 270 g/mol. The van der Waals surface area contributed by atoms with Crippen molar-refractivity contribution in [1.29, 1.82) is 0 Å². The van der Waals surface area contributed by atoms with Crippen LogP contribution in [0.1, 0.15) is 37.0 Å². The number of amides is 1. The van der Waals surface area contributed by atoms with Crippen molar-refractivity contribution in [2.24, 2.45) is 0 Å². The number of anilines is 1. The van der Waals surface area contributed by atoms with Crippen molar-refractivity contribution in [1.82, 2.24) is 0 Å². The van der Waals surface area contributed by atoms with Crippen molar-refractivity contribution in [3.8, 4) is 12.3 Å².